The summed E-state index contributed by atoms with van der Waals surface area (Å²) in [7, 11) is 0. The van der Waals surface area contributed by atoms with Gasteiger partial charge < -0.3 is 20.2 Å². The number of amides is 1. The summed E-state index contributed by atoms with van der Waals surface area (Å²) in [6.45, 7) is 1.73. The molecule has 0 radical (unpaired) electrons. The topological polar surface area (TPSA) is 94.6 Å². The van der Waals surface area contributed by atoms with Crippen LogP contribution in [-0.2, 0) is 16.1 Å². The summed E-state index contributed by atoms with van der Waals surface area (Å²) in [5.41, 5.74) is 6.23. The molecule has 21 heavy (non-hydrogen) atoms. The summed E-state index contributed by atoms with van der Waals surface area (Å²) < 4.78 is 10.2. The third kappa shape index (κ3) is 3.85. The number of ether oxygens (including phenoxy) is 1. The Kier molecular flexibility index (Phi) is 4.61. The van der Waals surface area contributed by atoms with E-state index in [0.717, 1.165) is 0 Å². The summed E-state index contributed by atoms with van der Waals surface area (Å²) in [5, 5.41) is 2.62. The van der Waals surface area contributed by atoms with Crippen LogP contribution in [0.25, 0.3) is 0 Å². The third-order valence-corrected chi connectivity index (χ3v) is 2.85. The maximum Gasteiger partial charge on any atom is 0.341 e. The van der Waals surface area contributed by atoms with E-state index in [9.17, 15) is 9.59 Å². The molecule has 0 saturated carbocycles. The van der Waals surface area contributed by atoms with Gasteiger partial charge in [-0.1, -0.05) is 12.1 Å². The molecule has 0 aliphatic heterocycles. The van der Waals surface area contributed by atoms with Crippen molar-refractivity contribution >= 4 is 17.6 Å². The lowest BCUT2D eigenvalue weighted by Gasteiger charge is -2.13. The Labute approximate surface area is 121 Å². The molecule has 0 fully saturated rings. The minimum absolute atomic E-state index is 0.237. The van der Waals surface area contributed by atoms with Crippen molar-refractivity contribution in [3.05, 3.63) is 54.0 Å². The number of esters is 1. The van der Waals surface area contributed by atoms with Crippen molar-refractivity contribution in [3.63, 3.8) is 0 Å². The van der Waals surface area contributed by atoms with Gasteiger partial charge in [0.2, 0.25) is 0 Å². The maximum absolute atomic E-state index is 11.9. The van der Waals surface area contributed by atoms with Crippen LogP contribution in [-0.4, -0.2) is 18.0 Å². The fraction of sp³-hybridized carbons (Fsp3) is 0.200. The zero-order valence-electron chi connectivity index (χ0n) is 11.5. The van der Waals surface area contributed by atoms with E-state index in [-0.39, 0.29) is 12.1 Å². The quantitative estimate of drug-likeness (QED) is 0.645. The molecule has 3 N–H and O–H groups in total. The molecule has 1 aromatic carbocycles. The largest absolute Gasteiger partial charge is 0.467 e. The maximum atomic E-state index is 11.9. The van der Waals surface area contributed by atoms with Crippen molar-refractivity contribution in [2.24, 2.45) is 0 Å². The molecule has 110 valence electrons. The lowest BCUT2D eigenvalue weighted by atomic mass is 10.2. The van der Waals surface area contributed by atoms with Gasteiger partial charge in [0.15, 0.2) is 6.10 Å². The number of nitrogen functional groups attached to an aromatic ring is 1. The first-order valence-corrected chi connectivity index (χ1v) is 6.43. The number of para-hydroxylation sites is 1. The lowest BCUT2D eigenvalue weighted by Crippen LogP contribution is -2.35. The van der Waals surface area contributed by atoms with E-state index in [4.69, 9.17) is 14.9 Å². The van der Waals surface area contributed by atoms with Crippen molar-refractivity contribution in [3.8, 4) is 0 Å². The molecule has 1 atom stereocenters. The lowest BCUT2D eigenvalue weighted by molar-refractivity contribution is -0.129. The molecular formula is C15H16N2O4. The zero-order valence-corrected chi connectivity index (χ0v) is 11.5. The van der Waals surface area contributed by atoms with Crippen molar-refractivity contribution in [2.45, 2.75) is 19.6 Å². The highest BCUT2D eigenvalue weighted by Crippen LogP contribution is 2.13. The summed E-state index contributed by atoms with van der Waals surface area (Å²) in [6.07, 6.45) is 0.593. The molecule has 6 nitrogen and oxygen atoms in total. The van der Waals surface area contributed by atoms with Crippen LogP contribution in [0.2, 0.25) is 0 Å². The highest BCUT2D eigenvalue weighted by molar-refractivity contribution is 5.96. The number of hydrogen-bond donors (Lipinski definition) is 2. The molecule has 1 heterocycles. The molecule has 2 aromatic rings. The molecule has 0 bridgehead atoms. The van der Waals surface area contributed by atoms with Crippen molar-refractivity contribution < 1.29 is 18.7 Å². The van der Waals surface area contributed by atoms with E-state index < -0.39 is 18.0 Å². The Morgan fingerprint density at radius 2 is 2.05 bits per heavy atom. The Morgan fingerprint density at radius 1 is 1.29 bits per heavy atom. The Hall–Kier alpha value is -2.76. The number of benzene rings is 1. The monoisotopic (exact) mass is 288 g/mol. The number of hydrogen-bond acceptors (Lipinski definition) is 5. The van der Waals surface area contributed by atoms with Crippen molar-refractivity contribution in [1.82, 2.24) is 5.32 Å². The fourth-order valence-corrected chi connectivity index (χ4v) is 1.69. The minimum atomic E-state index is -0.924. The van der Waals surface area contributed by atoms with Gasteiger partial charge in [-0.3, -0.25) is 4.79 Å². The van der Waals surface area contributed by atoms with Crippen LogP contribution in [0, 0.1) is 0 Å². The predicted molar refractivity (Wildman–Crippen MR) is 76.3 cm³/mol. The van der Waals surface area contributed by atoms with E-state index in [1.54, 1.807) is 36.4 Å². The van der Waals surface area contributed by atoms with Crippen LogP contribution >= 0.6 is 0 Å². The number of furan rings is 1. The van der Waals surface area contributed by atoms with Crippen LogP contribution < -0.4 is 11.1 Å². The molecule has 1 aromatic heterocycles. The second-order valence-corrected chi connectivity index (χ2v) is 4.43. The number of carbonyl (C=O) groups excluding carboxylic acids is 2. The molecule has 0 saturated heterocycles. The zero-order chi connectivity index (χ0) is 15.2. The molecular weight excluding hydrogens is 272 g/mol. The van der Waals surface area contributed by atoms with Gasteiger partial charge in [0, 0.05) is 5.69 Å². The number of rotatable bonds is 5. The Bertz CT molecular complexity index is 622. The Balaban J connectivity index is 1.88. The SMILES string of the molecule is CC(OC(=O)c1ccccc1N)C(=O)NCc1ccco1. The average molecular weight is 288 g/mol. The van der Waals surface area contributed by atoms with Gasteiger partial charge in [-0.25, -0.2) is 4.79 Å². The van der Waals surface area contributed by atoms with E-state index in [1.807, 2.05) is 0 Å². The van der Waals surface area contributed by atoms with Crippen LogP contribution in [0.3, 0.4) is 0 Å². The second kappa shape index (κ2) is 6.60. The van der Waals surface area contributed by atoms with Crippen LogP contribution in [0.5, 0.6) is 0 Å². The highest BCUT2D eigenvalue weighted by Gasteiger charge is 2.20. The van der Waals surface area contributed by atoms with Gasteiger partial charge in [-0.05, 0) is 31.2 Å². The first-order valence-electron chi connectivity index (χ1n) is 6.43. The van der Waals surface area contributed by atoms with E-state index in [2.05, 4.69) is 5.32 Å². The van der Waals surface area contributed by atoms with Crippen LogP contribution in [0.4, 0.5) is 5.69 Å². The van der Waals surface area contributed by atoms with Crippen molar-refractivity contribution in [1.29, 1.82) is 0 Å². The number of nitrogens with two attached hydrogens (primary N) is 1. The Morgan fingerprint density at radius 3 is 2.71 bits per heavy atom. The second-order valence-electron chi connectivity index (χ2n) is 4.43. The first-order chi connectivity index (χ1) is 10.1. The van der Waals surface area contributed by atoms with Crippen molar-refractivity contribution in [2.75, 3.05) is 5.73 Å². The molecule has 6 heteroatoms. The predicted octanol–water partition coefficient (Wildman–Crippen LogP) is 1.72. The van der Waals surface area contributed by atoms with E-state index in [1.165, 1.54) is 13.2 Å². The number of anilines is 1. The summed E-state index contributed by atoms with van der Waals surface area (Å²) in [6, 6.07) is 9.99. The normalized spacial score (nSPS) is 11.7. The molecule has 1 amide bonds. The molecule has 0 aliphatic rings. The summed E-state index contributed by atoms with van der Waals surface area (Å²) in [4.78, 5) is 23.7. The van der Waals surface area contributed by atoms with Crippen LogP contribution in [0.1, 0.15) is 23.0 Å². The molecule has 2 rings (SSSR count). The smallest absolute Gasteiger partial charge is 0.341 e. The van der Waals surface area contributed by atoms with Gasteiger partial charge >= 0.3 is 5.97 Å². The van der Waals surface area contributed by atoms with Crippen LogP contribution in [0.15, 0.2) is 47.1 Å². The van der Waals surface area contributed by atoms with Gasteiger partial charge in [0.1, 0.15) is 5.76 Å². The molecule has 0 spiro atoms. The van der Waals surface area contributed by atoms with E-state index >= 15 is 0 Å². The minimum Gasteiger partial charge on any atom is -0.467 e. The molecule has 0 aliphatic carbocycles. The van der Waals surface area contributed by atoms with Gasteiger partial charge in [-0.2, -0.15) is 0 Å². The average Bonchev–Trinajstić information content (AvgIpc) is 2.98. The summed E-state index contributed by atoms with van der Waals surface area (Å²) >= 11 is 0. The molecule has 1 unspecified atom stereocenters. The van der Waals surface area contributed by atoms with Gasteiger partial charge in [0.05, 0.1) is 18.4 Å². The van der Waals surface area contributed by atoms with Gasteiger partial charge in [0.25, 0.3) is 5.91 Å². The van der Waals surface area contributed by atoms with E-state index in [0.29, 0.717) is 11.4 Å². The number of nitrogens with one attached hydrogen (secondary N) is 1. The third-order valence-electron chi connectivity index (χ3n) is 2.85. The first kappa shape index (κ1) is 14.6. The standard InChI is InChI=1S/C15H16N2O4/c1-10(14(18)17-9-11-5-4-8-20-11)21-15(19)12-6-2-3-7-13(12)16/h2-8,10H,9,16H2,1H3,(H,17,18). The van der Waals surface area contributed by atoms with Gasteiger partial charge in [-0.15, -0.1) is 0 Å². The highest BCUT2D eigenvalue weighted by atomic mass is 16.5. The fourth-order valence-electron chi connectivity index (χ4n) is 1.69. The summed E-state index contributed by atoms with van der Waals surface area (Å²) in [5.74, 6) is -0.419. The number of carbonyl (C=O) groups is 2.